The lowest BCUT2D eigenvalue weighted by Crippen LogP contribution is -2.66. The summed E-state index contributed by atoms with van der Waals surface area (Å²) >= 11 is 1.39. The number of thioether (sulfide) groups is 1. The largest absolute Gasteiger partial charge is 0.457 e. The normalized spacial score (nSPS) is 24.8. The van der Waals surface area contributed by atoms with Crippen molar-refractivity contribution in [1.82, 2.24) is 4.90 Å². The summed E-state index contributed by atoms with van der Waals surface area (Å²) in [4.78, 5) is 43.0. The molecule has 2 amide bonds. The Kier molecular flexibility index (Phi) is 18.3. The molecule has 2 saturated heterocycles. The van der Waals surface area contributed by atoms with E-state index in [1.54, 1.807) is 24.3 Å². The molecular weight excluding hydrogens is 947 g/mol. The first-order valence-corrected chi connectivity index (χ1v) is 25.8. The summed E-state index contributed by atoms with van der Waals surface area (Å²) in [5, 5.41) is 0. The van der Waals surface area contributed by atoms with Crippen LogP contribution < -0.4 is 0 Å². The van der Waals surface area contributed by atoms with Gasteiger partial charge in [0.15, 0.2) is 12.4 Å². The SMILES string of the molecule is CCS[C@H]1O[C@H](CO[C@H]2O[C@H](COCc3ccccc3)[C@@H](OCc3ccccc3)[C@H](OCc3ccccc3)[C@H]2OCc2ccccc2)[C@@H](OCc2ccccc2)[C@H](OC(C)=O)[C@H]1N1C(=O)c2ccccc2C1=O. The van der Waals surface area contributed by atoms with Crippen LogP contribution >= 0.6 is 11.8 Å². The van der Waals surface area contributed by atoms with E-state index in [1.165, 1.54) is 23.6 Å². The summed E-state index contributed by atoms with van der Waals surface area (Å²) in [6, 6.07) is 54.7. The molecule has 13 nitrogen and oxygen atoms in total. The first kappa shape index (κ1) is 51.8. The van der Waals surface area contributed by atoms with E-state index < -0.39 is 78.3 Å². The molecule has 0 aliphatic carbocycles. The van der Waals surface area contributed by atoms with E-state index in [4.69, 9.17) is 42.6 Å². The number of carbonyl (C=O) groups excluding carboxylic acids is 3. The maximum absolute atomic E-state index is 14.3. The molecule has 0 spiro atoms. The Morgan fingerprint density at radius 1 is 0.479 bits per heavy atom. The Hall–Kier alpha value is -6.04. The Morgan fingerprint density at radius 3 is 1.33 bits per heavy atom. The summed E-state index contributed by atoms with van der Waals surface area (Å²) in [7, 11) is 0. The van der Waals surface area contributed by atoms with Crippen molar-refractivity contribution < 1.29 is 57.0 Å². The van der Waals surface area contributed by atoms with Gasteiger partial charge in [-0.2, -0.15) is 0 Å². The lowest BCUT2D eigenvalue weighted by Gasteiger charge is -2.49. The van der Waals surface area contributed by atoms with Crippen molar-refractivity contribution in [2.75, 3.05) is 19.0 Å². The molecule has 10 atom stereocenters. The standard InChI is InChI=1S/C59H61NO12S/c1-3-73-59-50(60-56(62)46-31-19-20-32-47(46)57(60)63)53(70-40(2)61)51(65-34-42-23-11-5-12-24-42)49(72-59)39-69-58-55(68-37-45-29-17-8-18-30-45)54(67-36-44-27-15-7-16-28-44)52(66-35-43-25-13-6-14-26-43)48(71-58)38-64-33-41-21-9-4-10-22-41/h4-32,48-55,58-59H,3,33-39H2,1-2H3/t48-,49-,50-,51-,52-,53-,54+,55-,58+,59-/m1/s1. The number of esters is 1. The van der Waals surface area contributed by atoms with Crippen molar-refractivity contribution in [3.63, 3.8) is 0 Å². The molecule has 14 heteroatoms. The maximum atomic E-state index is 14.3. The highest BCUT2D eigenvalue weighted by atomic mass is 32.2. The fourth-order valence-electron chi connectivity index (χ4n) is 9.44. The number of amides is 2. The Labute approximate surface area is 430 Å². The van der Waals surface area contributed by atoms with Crippen LogP contribution in [0.4, 0.5) is 0 Å². The molecule has 0 radical (unpaired) electrons. The monoisotopic (exact) mass is 1010 g/mol. The van der Waals surface area contributed by atoms with Gasteiger partial charge in [0.2, 0.25) is 0 Å². The third-order valence-corrected chi connectivity index (χ3v) is 14.0. The van der Waals surface area contributed by atoms with Crippen molar-refractivity contribution >= 4 is 29.5 Å². The molecule has 0 unspecified atom stereocenters. The zero-order chi connectivity index (χ0) is 50.4. The zero-order valence-electron chi connectivity index (χ0n) is 40.9. The number of hydrogen-bond donors (Lipinski definition) is 0. The number of fused-ring (bicyclic) bond motifs is 1. The van der Waals surface area contributed by atoms with Gasteiger partial charge < -0.3 is 42.6 Å². The first-order valence-electron chi connectivity index (χ1n) is 24.8. The second-order valence-electron chi connectivity index (χ2n) is 18.0. The quantitative estimate of drug-likeness (QED) is 0.0446. The van der Waals surface area contributed by atoms with Crippen LogP contribution in [0.3, 0.4) is 0 Å². The van der Waals surface area contributed by atoms with Gasteiger partial charge in [-0.3, -0.25) is 19.3 Å². The fraction of sp³-hybridized carbons (Fsp3) is 0.339. The van der Waals surface area contributed by atoms with Crippen LogP contribution in [-0.2, 0) is 80.5 Å². The number of rotatable bonds is 23. The molecule has 0 aromatic heterocycles. The molecule has 3 heterocycles. The minimum Gasteiger partial charge on any atom is -0.457 e. The number of carbonyl (C=O) groups is 3. The molecule has 0 bridgehead atoms. The average molecular weight is 1010 g/mol. The van der Waals surface area contributed by atoms with E-state index in [-0.39, 0.29) is 50.8 Å². The van der Waals surface area contributed by atoms with Crippen molar-refractivity contribution in [3.8, 4) is 0 Å². The fourth-order valence-corrected chi connectivity index (χ4v) is 10.5. The summed E-state index contributed by atoms with van der Waals surface area (Å²) in [6.07, 6.45) is -7.40. The molecule has 0 N–H and O–H groups in total. The van der Waals surface area contributed by atoms with Crippen molar-refractivity contribution in [2.45, 2.75) is 107 Å². The highest BCUT2D eigenvalue weighted by Crippen LogP contribution is 2.40. The van der Waals surface area contributed by atoms with Crippen LogP contribution in [-0.4, -0.2) is 102 Å². The van der Waals surface area contributed by atoms with E-state index in [2.05, 4.69) is 0 Å². The minimum atomic E-state index is -1.18. The molecule has 6 aromatic carbocycles. The van der Waals surface area contributed by atoms with E-state index in [1.807, 2.05) is 159 Å². The van der Waals surface area contributed by atoms with Crippen LogP contribution in [0.25, 0.3) is 0 Å². The number of nitrogens with zero attached hydrogens (tertiary/aromatic N) is 1. The topological polar surface area (TPSA) is 138 Å². The first-order chi connectivity index (χ1) is 35.8. The van der Waals surface area contributed by atoms with Crippen molar-refractivity contribution in [3.05, 3.63) is 215 Å². The molecule has 6 aromatic rings. The maximum Gasteiger partial charge on any atom is 0.303 e. The third kappa shape index (κ3) is 13.2. The summed E-state index contributed by atoms with van der Waals surface area (Å²) in [6.45, 7) is 4.27. The molecule has 73 heavy (non-hydrogen) atoms. The summed E-state index contributed by atoms with van der Waals surface area (Å²) < 4.78 is 61.2. The van der Waals surface area contributed by atoms with E-state index >= 15 is 0 Å². The summed E-state index contributed by atoms with van der Waals surface area (Å²) in [5.41, 5.74) is 4.32. The summed E-state index contributed by atoms with van der Waals surface area (Å²) in [5.74, 6) is -1.10. The smallest absolute Gasteiger partial charge is 0.303 e. The van der Waals surface area contributed by atoms with Crippen LogP contribution in [0.15, 0.2) is 176 Å². The van der Waals surface area contributed by atoms with Gasteiger partial charge >= 0.3 is 5.97 Å². The van der Waals surface area contributed by atoms with E-state index in [0.717, 1.165) is 27.8 Å². The average Bonchev–Trinajstić information content (AvgIpc) is 3.67. The third-order valence-electron chi connectivity index (χ3n) is 12.9. The van der Waals surface area contributed by atoms with Gasteiger partial charge in [0.05, 0.1) is 57.4 Å². The second-order valence-corrected chi connectivity index (χ2v) is 19.4. The number of benzene rings is 6. The van der Waals surface area contributed by atoms with Crippen molar-refractivity contribution in [2.24, 2.45) is 0 Å². The second kappa shape index (κ2) is 25.8. The predicted octanol–water partition coefficient (Wildman–Crippen LogP) is 9.36. The molecule has 3 aliphatic rings. The lowest BCUT2D eigenvalue weighted by atomic mass is 9.95. The number of imide groups is 1. The highest BCUT2D eigenvalue weighted by molar-refractivity contribution is 7.99. The Balaban J connectivity index is 1.07. The lowest BCUT2D eigenvalue weighted by molar-refractivity contribution is -0.335. The molecule has 9 rings (SSSR count). The van der Waals surface area contributed by atoms with Gasteiger partial charge in [0, 0.05) is 6.92 Å². The highest BCUT2D eigenvalue weighted by Gasteiger charge is 2.57. The van der Waals surface area contributed by atoms with Crippen molar-refractivity contribution in [1.29, 1.82) is 0 Å². The predicted molar refractivity (Wildman–Crippen MR) is 274 cm³/mol. The molecular formula is C59H61NO12S. The number of ether oxygens (including phenoxy) is 9. The van der Waals surface area contributed by atoms with E-state index in [9.17, 15) is 14.4 Å². The molecule has 380 valence electrons. The van der Waals surface area contributed by atoms with Crippen LogP contribution in [0.5, 0.6) is 0 Å². The Bertz CT molecular complexity index is 2630. The Morgan fingerprint density at radius 2 is 0.877 bits per heavy atom. The van der Waals surface area contributed by atoms with Gasteiger partial charge in [-0.05, 0) is 45.7 Å². The molecule has 2 fully saturated rings. The van der Waals surface area contributed by atoms with Gasteiger partial charge in [0.25, 0.3) is 11.8 Å². The van der Waals surface area contributed by atoms with Crippen LogP contribution in [0.2, 0.25) is 0 Å². The van der Waals surface area contributed by atoms with Gasteiger partial charge in [-0.15, -0.1) is 11.8 Å². The van der Waals surface area contributed by atoms with Crippen LogP contribution in [0.1, 0.15) is 62.4 Å². The van der Waals surface area contributed by atoms with Crippen LogP contribution in [0, 0.1) is 0 Å². The van der Waals surface area contributed by atoms with Gasteiger partial charge in [0.1, 0.15) is 48.1 Å². The minimum absolute atomic E-state index is 0.0863. The zero-order valence-corrected chi connectivity index (χ0v) is 41.7. The number of hydrogen-bond acceptors (Lipinski definition) is 13. The van der Waals surface area contributed by atoms with E-state index in [0.29, 0.717) is 12.4 Å². The van der Waals surface area contributed by atoms with Gasteiger partial charge in [-0.1, -0.05) is 171 Å². The van der Waals surface area contributed by atoms with Gasteiger partial charge in [-0.25, -0.2) is 0 Å². The molecule has 3 aliphatic heterocycles. The molecule has 0 saturated carbocycles.